The van der Waals surface area contributed by atoms with Gasteiger partial charge in [0.25, 0.3) is 0 Å². The van der Waals surface area contributed by atoms with Gasteiger partial charge in [-0.05, 0) is 54.2 Å². The fraction of sp³-hybridized carbons (Fsp3) is 0.591. The van der Waals surface area contributed by atoms with Gasteiger partial charge in [-0.1, -0.05) is 44.6 Å². The Balaban J connectivity index is 1.46. The predicted molar refractivity (Wildman–Crippen MR) is 105 cm³/mol. The number of fused-ring (bicyclic) bond motifs is 1. The quantitative estimate of drug-likeness (QED) is 0.696. The Morgan fingerprint density at radius 2 is 2.04 bits per heavy atom. The van der Waals surface area contributed by atoms with Crippen molar-refractivity contribution in [1.82, 2.24) is 10.6 Å². The second kappa shape index (κ2) is 7.83. The van der Waals surface area contributed by atoms with Crippen LogP contribution in [0.2, 0.25) is 0 Å². The summed E-state index contributed by atoms with van der Waals surface area (Å²) in [6.07, 6.45) is 5.77. The summed E-state index contributed by atoms with van der Waals surface area (Å²) in [7, 11) is 1.66. The van der Waals surface area contributed by atoms with E-state index in [0.717, 1.165) is 30.2 Å². The molecule has 1 aromatic rings. The molecule has 4 nitrogen and oxygen atoms in total. The molecular weight excluding hydrogens is 324 g/mol. The van der Waals surface area contributed by atoms with Crippen LogP contribution in [0.15, 0.2) is 35.9 Å². The summed E-state index contributed by atoms with van der Waals surface area (Å²) in [5.74, 6) is 2.43. The lowest BCUT2D eigenvalue weighted by molar-refractivity contribution is -0.121. The molecule has 2 bridgehead atoms. The standard InChI is InChI=1S/C22H32N2O2/c1-5-20(15-7-10-18(26-4)11-8-15)24-21(25)14-23-13-16-6-9-17-12-19(16)22(17,2)3/h6-8,10-11,17,19-20,23H,5,9,12-14H2,1-4H3,(H,24,25). The van der Waals surface area contributed by atoms with E-state index in [1.54, 1.807) is 7.11 Å². The van der Waals surface area contributed by atoms with E-state index in [1.165, 1.54) is 18.4 Å². The van der Waals surface area contributed by atoms with Crippen molar-refractivity contribution < 1.29 is 9.53 Å². The third kappa shape index (κ3) is 3.80. The van der Waals surface area contributed by atoms with Crippen LogP contribution in [-0.4, -0.2) is 26.1 Å². The van der Waals surface area contributed by atoms with E-state index in [-0.39, 0.29) is 11.9 Å². The van der Waals surface area contributed by atoms with Crippen molar-refractivity contribution in [3.63, 3.8) is 0 Å². The molecule has 0 heterocycles. The van der Waals surface area contributed by atoms with Gasteiger partial charge in [-0.3, -0.25) is 4.79 Å². The first-order chi connectivity index (χ1) is 12.5. The highest BCUT2D eigenvalue weighted by Crippen LogP contribution is 2.58. The number of rotatable bonds is 8. The molecule has 1 amide bonds. The summed E-state index contributed by atoms with van der Waals surface area (Å²) < 4.78 is 5.20. The Hall–Kier alpha value is -1.81. The number of ether oxygens (including phenoxy) is 1. The molecule has 26 heavy (non-hydrogen) atoms. The average Bonchev–Trinajstić information content (AvgIpc) is 2.66. The van der Waals surface area contributed by atoms with Crippen LogP contribution >= 0.6 is 0 Å². The number of hydrogen-bond donors (Lipinski definition) is 2. The summed E-state index contributed by atoms with van der Waals surface area (Å²) in [4.78, 5) is 12.4. The molecule has 142 valence electrons. The number of allylic oxidation sites excluding steroid dienone is 1. The van der Waals surface area contributed by atoms with Crippen molar-refractivity contribution in [2.75, 3.05) is 20.2 Å². The van der Waals surface area contributed by atoms with Gasteiger partial charge in [-0.15, -0.1) is 0 Å². The molecule has 3 unspecified atom stereocenters. The third-order valence-corrected chi connectivity index (χ3v) is 6.46. The molecule has 1 fully saturated rings. The van der Waals surface area contributed by atoms with Gasteiger partial charge in [0.2, 0.25) is 5.91 Å². The van der Waals surface area contributed by atoms with Gasteiger partial charge < -0.3 is 15.4 Å². The normalized spacial score (nSPS) is 24.2. The molecule has 0 aromatic heterocycles. The zero-order chi connectivity index (χ0) is 18.7. The van der Waals surface area contributed by atoms with Crippen LogP contribution in [0, 0.1) is 17.3 Å². The van der Waals surface area contributed by atoms with E-state index in [9.17, 15) is 4.79 Å². The third-order valence-electron chi connectivity index (χ3n) is 6.46. The van der Waals surface area contributed by atoms with Crippen molar-refractivity contribution in [1.29, 1.82) is 0 Å². The highest BCUT2D eigenvalue weighted by Gasteiger charge is 2.50. The highest BCUT2D eigenvalue weighted by molar-refractivity contribution is 5.78. The number of methoxy groups -OCH3 is 1. The van der Waals surface area contributed by atoms with E-state index < -0.39 is 0 Å². The highest BCUT2D eigenvalue weighted by atomic mass is 16.5. The minimum atomic E-state index is 0.0374. The number of benzene rings is 1. The van der Waals surface area contributed by atoms with E-state index >= 15 is 0 Å². The van der Waals surface area contributed by atoms with E-state index in [0.29, 0.717) is 17.9 Å². The average molecular weight is 357 g/mol. The van der Waals surface area contributed by atoms with E-state index in [2.05, 4.69) is 37.5 Å². The number of amides is 1. The first kappa shape index (κ1) is 19.0. The Bertz CT molecular complexity index is 663. The maximum atomic E-state index is 12.4. The molecule has 3 aliphatic carbocycles. The molecule has 4 rings (SSSR count). The Morgan fingerprint density at radius 1 is 1.31 bits per heavy atom. The summed E-state index contributed by atoms with van der Waals surface area (Å²) >= 11 is 0. The second-order valence-corrected chi connectivity index (χ2v) is 8.23. The van der Waals surface area contributed by atoms with Gasteiger partial charge in [0.15, 0.2) is 0 Å². The summed E-state index contributed by atoms with van der Waals surface area (Å²) in [6, 6.07) is 7.94. The number of carbonyl (C=O) groups is 1. The topological polar surface area (TPSA) is 50.4 Å². The first-order valence-electron chi connectivity index (χ1n) is 9.78. The molecule has 0 saturated heterocycles. The molecule has 3 aliphatic rings. The van der Waals surface area contributed by atoms with Crippen LogP contribution in [0.1, 0.15) is 51.6 Å². The van der Waals surface area contributed by atoms with Crippen molar-refractivity contribution in [3.8, 4) is 5.75 Å². The van der Waals surface area contributed by atoms with Gasteiger partial charge in [0, 0.05) is 6.54 Å². The lowest BCUT2D eigenvalue weighted by Gasteiger charge is -2.56. The van der Waals surface area contributed by atoms with Crippen LogP contribution < -0.4 is 15.4 Å². The smallest absolute Gasteiger partial charge is 0.234 e. The van der Waals surface area contributed by atoms with Crippen LogP contribution in [-0.2, 0) is 4.79 Å². The van der Waals surface area contributed by atoms with E-state index in [4.69, 9.17) is 4.74 Å². The maximum absolute atomic E-state index is 12.4. The lowest BCUT2D eigenvalue weighted by Crippen LogP contribution is -2.50. The lowest BCUT2D eigenvalue weighted by atomic mass is 9.49. The van der Waals surface area contributed by atoms with Crippen molar-refractivity contribution in [3.05, 3.63) is 41.5 Å². The summed E-state index contributed by atoms with van der Waals surface area (Å²) in [5, 5.41) is 6.48. The fourth-order valence-electron chi connectivity index (χ4n) is 4.50. The van der Waals surface area contributed by atoms with Crippen molar-refractivity contribution >= 4 is 5.91 Å². The number of nitrogens with one attached hydrogen (secondary N) is 2. The summed E-state index contributed by atoms with van der Waals surface area (Å²) in [5.41, 5.74) is 3.04. The van der Waals surface area contributed by atoms with Gasteiger partial charge in [0.1, 0.15) is 5.75 Å². The zero-order valence-electron chi connectivity index (χ0n) is 16.5. The number of carbonyl (C=O) groups excluding carboxylic acids is 1. The maximum Gasteiger partial charge on any atom is 0.234 e. The molecular formula is C22H32N2O2. The zero-order valence-corrected chi connectivity index (χ0v) is 16.5. The Morgan fingerprint density at radius 3 is 2.62 bits per heavy atom. The molecule has 4 heteroatoms. The van der Waals surface area contributed by atoms with Crippen molar-refractivity contribution in [2.24, 2.45) is 17.3 Å². The molecule has 0 spiro atoms. The minimum Gasteiger partial charge on any atom is -0.497 e. The second-order valence-electron chi connectivity index (χ2n) is 8.23. The Kier molecular flexibility index (Phi) is 5.71. The number of hydrogen-bond acceptors (Lipinski definition) is 3. The minimum absolute atomic E-state index is 0.0374. The van der Waals surface area contributed by atoms with Crippen LogP contribution in [0.4, 0.5) is 0 Å². The van der Waals surface area contributed by atoms with Gasteiger partial charge in [-0.25, -0.2) is 0 Å². The largest absolute Gasteiger partial charge is 0.497 e. The van der Waals surface area contributed by atoms with Crippen LogP contribution in [0.3, 0.4) is 0 Å². The van der Waals surface area contributed by atoms with Crippen LogP contribution in [0.5, 0.6) is 5.75 Å². The molecule has 0 radical (unpaired) electrons. The fourth-order valence-corrected chi connectivity index (χ4v) is 4.50. The van der Waals surface area contributed by atoms with Crippen molar-refractivity contribution in [2.45, 2.75) is 46.1 Å². The molecule has 1 saturated carbocycles. The van der Waals surface area contributed by atoms with Gasteiger partial charge in [0.05, 0.1) is 19.7 Å². The monoisotopic (exact) mass is 356 g/mol. The SMILES string of the molecule is CCC(NC(=O)CNCC1=CCC2CC1C2(C)C)c1ccc(OC)cc1. The predicted octanol–water partition coefficient (Wildman–Crippen LogP) is 3.84. The molecule has 0 aliphatic heterocycles. The summed E-state index contributed by atoms with van der Waals surface area (Å²) in [6.45, 7) is 8.04. The molecule has 3 atom stereocenters. The first-order valence-corrected chi connectivity index (χ1v) is 9.78. The van der Waals surface area contributed by atoms with Crippen LogP contribution in [0.25, 0.3) is 0 Å². The molecule has 1 aromatic carbocycles. The van der Waals surface area contributed by atoms with E-state index in [1.807, 2.05) is 24.3 Å². The Labute approximate surface area is 157 Å². The van der Waals surface area contributed by atoms with Gasteiger partial charge in [-0.2, -0.15) is 0 Å². The molecule has 2 N–H and O–H groups in total. The van der Waals surface area contributed by atoms with Gasteiger partial charge >= 0.3 is 0 Å².